The third-order valence-electron chi connectivity index (χ3n) is 9.99. The fraction of sp³-hybridized carbons (Fsp3) is 0.552. The van der Waals surface area contributed by atoms with Gasteiger partial charge < -0.3 is 59.8 Å². The van der Waals surface area contributed by atoms with Gasteiger partial charge in [0.1, 0.15) is 60.8 Å². The smallest absolute Gasteiger partial charge is 0.472 e. The molecule has 4 aromatic rings. The zero-order valence-electron chi connectivity index (χ0n) is 31.3. The number of phosphoric ester groups is 3. The van der Waals surface area contributed by atoms with Crippen molar-refractivity contribution in [1.82, 2.24) is 38.6 Å². The average Bonchev–Trinajstić information content (AvgIpc) is 3.95. The van der Waals surface area contributed by atoms with E-state index < -0.39 is 115 Å². The van der Waals surface area contributed by atoms with E-state index >= 15 is 0 Å². The highest BCUT2D eigenvalue weighted by atomic mass is 31.2. The molecule has 0 radical (unpaired) electrons. The van der Waals surface area contributed by atoms with Crippen LogP contribution >= 0.6 is 23.5 Å². The zero-order valence-corrected chi connectivity index (χ0v) is 34.0. The lowest BCUT2D eigenvalue weighted by atomic mass is 9.89. The summed E-state index contributed by atoms with van der Waals surface area (Å²) in [7, 11) is -16.1. The lowest BCUT2D eigenvalue weighted by Gasteiger charge is -2.35. The first-order valence-corrected chi connectivity index (χ1v) is 22.4. The van der Waals surface area contributed by atoms with Gasteiger partial charge in [-0.05, 0) is 13.0 Å². The van der Waals surface area contributed by atoms with Crippen LogP contribution in [0.4, 0.5) is 11.6 Å². The van der Waals surface area contributed by atoms with Crippen LogP contribution in [0.2, 0.25) is 0 Å². The standard InChI is InChI=1S/C29H39N10O19P3/c1-12-7-38(29(43)36-27(12)41)20-5-14(40)24(56-20)23(58-60(47,48)49)13-4-19(39-11-34-22-25(31)32-10-33-26(22)39)54-16(13)8-53-61(50,51)57-15-6-21(37-3-2-18(30)35-28(37)42)55-17(15)9-52-59(44,45)46/h2-3,7,10-11,13-17,19-21,23-24,40H,4-6,8-9H2,1H3,(H,50,51)(H2,30,35,42)(H2,31,32,33)(H,36,41,43)(H2,44,45,46)(H2,47,48,49)/p-1. The second kappa shape index (κ2) is 17.2. The Morgan fingerprint density at radius 2 is 1.62 bits per heavy atom. The van der Waals surface area contributed by atoms with E-state index in [0.29, 0.717) is 0 Å². The first-order valence-electron chi connectivity index (χ1n) is 17.9. The number of phosphoric acid groups is 3. The predicted octanol–water partition coefficient (Wildman–Crippen LogP) is -2.60. The molecule has 7 heterocycles. The Balaban J connectivity index is 1.17. The van der Waals surface area contributed by atoms with Gasteiger partial charge in [0.15, 0.2) is 11.5 Å². The molecule has 0 aromatic carbocycles. The number of hydrogen-bond donors (Lipinski definition) is 8. The minimum Gasteiger partial charge on any atom is -0.756 e. The number of nitrogen functional groups attached to an aromatic ring is 2. The number of aliphatic hydroxyl groups is 1. The summed E-state index contributed by atoms with van der Waals surface area (Å²) in [6, 6.07) is 1.25. The van der Waals surface area contributed by atoms with Gasteiger partial charge in [0.05, 0.1) is 31.7 Å². The third kappa shape index (κ3) is 10.2. The minimum atomic E-state index is -5.71. The van der Waals surface area contributed by atoms with Crippen LogP contribution in [0.25, 0.3) is 11.2 Å². The van der Waals surface area contributed by atoms with Gasteiger partial charge in [-0.15, -0.1) is 0 Å². The Bertz CT molecular complexity index is 2600. The maximum atomic E-state index is 13.6. The van der Waals surface area contributed by atoms with Gasteiger partial charge in [-0.2, -0.15) is 4.98 Å². The Hall–Kier alpha value is -4.12. The first kappa shape index (κ1) is 44.9. The number of rotatable bonds is 15. The van der Waals surface area contributed by atoms with Crippen LogP contribution in [0, 0.1) is 12.8 Å². The van der Waals surface area contributed by atoms with E-state index in [4.69, 9.17) is 39.2 Å². The van der Waals surface area contributed by atoms with Gasteiger partial charge in [-0.1, -0.05) is 0 Å². The molecule has 3 fully saturated rings. The van der Waals surface area contributed by atoms with E-state index in [1.165, 1.54) is 30.1 Å². The Morgan fingerprint density at radius 3 is 2.33 bits per heavy atom. The highest BCUT2D eigenvalue weighted by Crippen LogP contribution is 2.52. The molecule has 0 aliphatic carbocycles. The van der Waals surface area contributed by atoms with Crippen molar-refractivity contribution in [2.45, 2.75) is 81.5 Å². The summed E-state index contributed by atoms with van der Waals surface area (Å²) < 4.78 is 79.1. The van der Waals surface area contributed by atoms with E-state index in [0.717, 1.165) is 21.7 Å². The van der Waals surface area contributed by atoms with Gasteiger partial charge in [-0.3, -0.25) is 41.6 Å². The fourth-order valence-corrected chi connectivity index (χ4v) is 9.19. The zero-order chi connectivity index (χ0) is 44.2. The molecule has 12 unspecified atom stereocenters. The molecule has 0 saturated carbocycles. The molecule has 3 aliphatic rings. The van der Waals surface area contributed by atoms with Crippen LogP contribution in [0.1, 0.15) is 43.5 Å². The van der Waals surface area contributed by atoms with E-state index in [1.54, 1.807) is 0 Å². The van der Waals surface area contributed by atoms with Crippen molar-refractivity contribution in [1.29, 1.82) is 0 Å². The van der Waals surface area contributed by atoms with E-state index in [-0.39, 0.29) is 47.6 Å². The second-order valence-corrected chi connectivity index (χ2v) is 17.9. The number of imidazole rings is 1. The molecular formula is C29H38N10O19P3-. The topological polar surface area (TPSA) is 425 Å². The lowest BCUT2D eigenvalue weighted by molar-refractivity contribution is -0.234. The molecule has 4 aromatic heterocycles. The van der Waals surface area contributed by atoms with Crippen LogP contribution in [-0.2, 0) is 46.0 Å². The Kier molecular flexibility index (Phi) is 12.7. The average molecular weight is 924 g/mol. The van der Waals surface area contributed by atoms with Gasteiger partial charge in [0, 0.05) is 43.1 Å². The second-order valence-electron chi connectivity index (χ2n) is 14.1. The number of nitrogens with zero attached hydrogens (tertiary/aromatic N) is 7. The van der Waals surface area contributed by atoms with Crippen LogP contribution in [0.3, 0.4) is 0 Å². The number of H-pyrrole nitrogens is 1. The molecule has 0 amide bonds. The predicted molar refractivity (Wildman–Crippen MR) is 197 cm³/mol. The normalized spacial score (nSPS) is 29.5. The Labute approximate surface area is 340 Å². The molecule has 29 nitrogen and oxygen atoms in total. The number of fused-ring (bicyclic) bond motifs is 1. The number of ether oxygens (including phenoxy) is 3. The molecule has 7 rings (SSSR count). The molecule has 3 saturated heterocycles. The molecule has 334 valence electrons. The fourth-order valence-electron chi connectivity index (χ4n) is 7.31. The summed E-state index contributed by atoms with van der Waals surface area (Å²) in [6.07, 6.45) is -9.61. The van der Waals surface area contributed by atoms with Crippen molar-refractivity contribution in [2.75, 3.05) is 24.7 Å². The van der Waals surface area contributed by atoms with Crippen LogP contribution in [0.5, 0.6) is 0 Å². The summed E-state index contributed by atoms with van der Waals surface area (Å²) in [5.74, 6) is -1.48. The summed E-state index contributed by atoms with van der Waals surface area (Å²) in [5, 5.41) is 11.3. The number of nitrogens with two attached hydrogens (primary N) is 2. The highest BCUT2D eigenvalue weighted by molar-refractivity contribution is 7.47. The molecule has 10 N–H and O–H groups in total. The van der Waals surface area contributed by atoms with Crippen molar-refractivity contribution in [3.8, 4) is 0 Å². The molecular weight excluding hydrogens is 885 g/mol. The van der Waals surface area contributed by atoms with Gasteiger partial charge in [-0.25, -0.2) is 33.7 Å². The molecule has 32 heteroatoms. The van der Waals surface area contributed by atoms with Gasteiger partial charge >= 0.3 is 27.0 Å². The maximum Gasteiger partial charge on any atom is 0.472 e. The van der Waals surface area contributed by atoms with Crippen molar-refractivity contribution in [3.63, 3.8) is 0 Å². The molecule has 61 heavy (non-hydrogen) atoms. The summed E-state index contributed by atoms with van der Waals surface area (Å²) in [5.41, 5.74) is 9.39. The van der Waals surface area contributed by atoms with Crippen molar-refractivity contribution < 1.29 is 75.6 Å². The number of nitrogens with one attached hydrogen (secondary N) is 1. The number of aryl methyl sites for hydroxylation is 1. The SMILES string of the molecule is Cc1cn(C2CC(O)C(C(OP(=O)([O-])O)C3CC(n4cnc5c(N)ncnc54)OC3COP(=O)(O)OC3CC(n4ccc(N)nc4=O)OC3COP(=O)(O)O)O2)c(=O)[nH]c1=O. The van der Waals surface area contributed by atoms with Gasteiger partial charge in [0.25, 0.3) is 13.4 Å². The lowest BCUT2D eigenvalue weighted by Crippen LogP contribution is -2.45. The Morgan fingerprint density at radius 1 is 0.934 bits per heavy atom. The first-order chi connectivity index (χ1) is 28.6. The molecule has 12 atom stereocenters. The van der Waals surface area contributed by atoms with Gasteiger partial charge in [0.2, 0.25) is 0 Å². The van der Waals surface area contributed by atoms with Crippen LogP contribution in [-0.4, -0.2) is 113 Å². The van der Waals surface area contributed by atoms with Crippen LogP contribution in [0.15, 0.2) is 45.5 Å². The number of anilines is 2. The van der Waals surface area contributed by atoms with Crippen molar-refractivity contribution in [2.24, 2.45) is 5.92 Å². The molecule has 3 aliphatic heterocycles. The van der Waals surface area contributed by atoms with E-state index in [9.17, 15) is 57.7 Å². The monoisotopic (exact) mass is 923 g/mol. The maximum absolute atomic E-state index is 13.6. The molecule has 0 spiro atoms. The molecule has 0 bridgehead atoms. The largest absolute Gasteiger partial charge is 0.756 e. The van der Waals surface area contributed by atoms with E-state index in [1.807, 2.05) is 0 Å². The number of aromatic amines is 1. The summed E-state index contributed by atoms with van der Waals surface area (Å²) >= 11 is 0. The highest BCUT2D eigenvalue weighted by Gasteiger charge is 2.52. The minimum absolute atomic E-state index is 0.00764. The van der Waals surface area contributed by atoms with Crippen molar-refractivity contribution >= 4 is 46.3 Å². The van der Waals surface area contributed by atoms with Crippen LogP contribution < -0.4 is 33.3 Å². The number of aliphatic hydroxyl groups excluding tert-OH is 1. The van der Waals surface area contributed by atoms with E-state index in [2.05, 4.69) is 29.4 Å². The summed E-state index contributed by atoms with van der Waals surface area (Å²) in [6.45, 7) is -0.408. The quantitative estimate of drug-likeness (QED) is 0.0567. The number of hydrogen-bond acceptors (Lipinski definition) is 21. The number of aromatic nitrogens is 8. The third-order valence-corrected chi connectivity index (χ3v) is 12.0. The van der Waals surface area contributed by atoms with Crippen molar-refractivity contribution in [3.05, 3.63) is 68.0 Å². The summed E-state index contributed by atoms with van der Waals surface area (Å²) in [4.78, 5) is 107.